The molecule has 0 amide bonds. The maximum atomic E-state index is 12.0. The van der Waals surface area contributed by atoms with Crippen LogP contribution in [0.15, 0.2) is 47.6 Å². The lowest BCUT2D eigenvalue weighted by atomic mass is 9.85. The molecule has 0 spiro atoms. The minimum Gasteiger partial charge on any atom is -0.426 e. The average molecular weight is 229 g/mol. The number of hydrogen-bond acceptors (Lipinski definition) is 4. The van der Waals surface area contributed by atoms with Crippen LogP contribution in [0.1, 0.15) is 6.42 Å². The molecule has 0 saturated carbocycles. The normalized spacial score (nSPS) is 22.1. The molecule has 1 heterocycles. The summed E-state index contributed by atoms with van der Waals surface area (Å²) >= 11 is 0. The van der Waals surface area contributed by atoms with Crippen LogP contribution in [0.4, 0.5) is 0 Å². The molecule has 0 bridgehead atoms. The van der Waals surface area contributed by atoms with E-state index in [4.69, 9.17) is 4.74 Å². The zero-order valence-corrected chi connectivity index (χ0v) is 9.08. The van der Waals surface area contributed by atoms with Gasteiger partial charge in [-0.25, -0.2) is 0 Å². The molecule has 1 aromatic carbocycles. The summed E-state index contributed by atoms with van der Waals surface area (Å²) in [5, 5.41) is 0. The zero-order valence-electron chi connectivity index (χ0n) is 9.08. The van der Waals surface area contributed by atoms with Crippen LogP contribution < -0.4 is 4.74 Å². The van der Waals surface area contributed by atoms with Gasteiger partial charge in [-0.3, -0.25) is 9.79 Å². The van der Waals surface area contributed by atoms with Gasteiger partial charge < -0.3 is 9.53 Å². The van der Waals surface area contributed by atoms with Crippen LogP contribution in [-0.2, 0) is 9.59 Å². The summed E-state index contributed by atoms with van der Waals surface area (Å²) in [5.74, 6) is -0.157. The van der Waals surface area contributed by atoms with Crippen molar-refractivity contribution >= 4 is 18.5 Å². The molecule has 0 aliphatic carbocycles. The van der Waals surface area contributed by atoms with Gasteiger partial charge in [0.05, 0.1) is 0 Å². The predicted molar refractivity (Wildman–Crippen MR) is 62.8 cm³/mol. The molecule has 4 nitrogen and oxygen atoms in total. The molecular formula is C13H11NO3. The summed E-state index contributed by atoms with van der Waals surface area (Å²) in [4.78, 5) is 26.9. The van der Waals surface area contributed by atoms with Crippen LogP contribution in [0.5, 0.6) is 5.75 Å². The van der Waals surface area contributed by atoms with E-state index < -0.39 is 11.4 Å². The molecule has 1 atom stereocenters. The predicted octanol–water partition coefficient (Wildman–Crippen LogP) is 1.77. The van der Waals surface area contributed by atoms with Gasteiger partial charge in [-0.15, -0.1) is 0 Å². The zero-order chi connectivity index (χ0) is 12.1. The minimum absolute atomic E-state index is 0.235. The van der Waals surface area contributed by atoms with E-state index in [2.05, 4.69) is 4.99 Å². The molecule has 1 unspecified atom stereocenters. The van der Waals surface area contributed by atoms with E-state index in [1.165, 1.54) is 18.5 Å². The first-order valence-corrected chi connectivity index (χ1v) is 5.20. The molecule has 1 aliphatic heterocycles. The van der Waals surface area contributed by atoms with Crippen molar-refractivity contribution in [1.82, 2.24) is 0 Å². The van der Waals surface area contributed by atoms with Crippen molar-refractivity contribution < 1.29 is 14.3 Å². The Bertz CT molecular complexity index is 479. The number of rotatable bonds is 3. The highest BCUT2D eigenvalue weighted by Gasteiger charge is 2.38. The molecule has 86 valence electrons. The number of carbonyl (C=O) groups excluding carboxylic acids is 2. The van der Waals surface area contributed by atoms with Gasteiger partial charge in [0.25, 0.3) is 0 Å². The van der Waals surface area contributed by atoms with Crippen molar-refractivity contribution in [3.63, 3.8) is 0 Å². The summed E-state index contributed by atoms with van der Waals surface area (Å²) in [6.07, 6.45) is 5.26. The summed E-state index contributed by atoms with van der Waals surface area (Å²) in [6, 6.07) is 8.66. The number of aldehydes is 1. The van der Waals surface area contributed by atoms with Gasteiger partial charge in [-0.2, -0.15) is 0 Å². The maximum Gasteiger partial charge on any atom is 0.329 e. The second kappa shape index (κ2) is 4.74. The highest BCUT2D eigenvalue weighted by molar-refractivity contribution is 5.99. The number of benzene rings is 1. The van der Waals surface area contributed by atoms with Crippen molar-refractivity contribution in [2.45, 2.75) is 6.42 Å². The lowest BCUT2D eigenvalue weighted by Gasteiger charge is -2.21. The molecular weight excluding hydrogens is 218 g/mol. The van der Waals surface area contributed by atoms with E-state index in [9.17, 15) is 9.59 Å². The van der Waals surface area contributed by atoms with Gasteiger partial charge in [0, 0.05) is 18.8 Å². The quantitative estimate of drug-likeness (QED) is 0.343. The van der Waals surface area contributed by atoms with Crippen molar-refractivity contribution in [2.75, 3.05) is 0 Å². The van der Waals surface area contributed by atoms with E-state index >= 15 is 0 Å². The van der Waals surface area contributed by atoms with Crippen molar-refractivity contribution in [3.05, 3.63) is 42.6 Å². The Morgan fingerprint density at radius 3 is 2.71 bits per heavy atom. The number of carbonyl (C=O) groups is 2. The van der Waals surface area contributed by atoms with E-state index in [-0.39, 0.29) is 6.42 Å². The molecule has 17 heavy (non-hydrogen) atoms. The molecule has 1 aromatic rings. The molecule has 0 fully saturated rings. The van der Waals surface area contributed by atoms with Crippen molar-refractivity contribution in [2.24, 2.45) is 10.4 Å². The number of esters is 1. The lowest BCUT2D eigenvalue weighted by Crippen LogP contribution is -2.36. The summed E-state index contributed by atoms with van der Waals surface area (Å²) in [7, 11) is 0. The number of hydrogen-bond donors (Lipinski definition) is 0. The van der Waals surface area contributed by atoms with Gasteiger partial charge in [0.1, 0.15) is 17.5 Å². The van der Waals surface area contributed by atoms with Crippen LogP contribution in [0, 0.1) is 5.41 Å². The lowest BCUT2D eigenvalue weighted by molar-refractivity contribution is -0.145. The van der Waals surface area contributed by atoms with Gasteiger partial charge >= 0.3 is 5.97 Å². The average Bonchev–Trinajstić information content (AvgIpc) is 2.40. The fourth-order valence-corrected chi connectivity index (χ4v) is 1.49. The Labute approximate surface area is 98.6 Å². The van der Waals surface area contributed by atoms with Gasteiger partial charge in [-0.1, -0.05) is 18.2 Å². The van der Waals surface area contributed by atoms with E-state index in [1.54, 1.807) is 24.3 Å². The third kappa shape index (κ3) is 2.30. The third-order valence-corrected chi connectivity index (χ3v) is 2.54. The van der Waals surface area contributed by atoms with Gasteiger partial charge in [-0.05, 0) is 18.2 Å². The smallest absolute Gasteiger partial charge is 0.329 e. The molecule has 0 N–H and O–H groups in total. The fraction of sp³-hybridized carbons (Fsp3) is 0.154. The topological polar surface area (TPSA) is 55.7 Å². The van der Waals surface area contributed by atoms with Crippen molar-refractivity contribution in [1.29, 1.82) is 0 Å². The monoisotopic (exact) mass is 229 g/mol. The minimum atomic E-state index is -1.24. The van der Waals surface area contributed by atoms with Crippen LogP contribution in [0.2, 0.25) is 0 Å². The van der Waals surface area contributed by atoms with Crippen LogP contribution >= 0.6 is 0 Å². The summed E-state index contributed by atoms with van der Waals surface area (Å²) in [6.45, 7) is 0. The Hall–Kier alpha value is -2.23. The number of para-hydroxylation sites is 1. The van der Waals surface area contributed by atoms with E-state index in [0.717, 1.165) is 0 Å². The standard InChI is InChI=1S/C13H11NO3/c15-10-13(6-8-14-9-7-13)12(16)17-11-4-2-1-3-5-11/h1-6,8-10H,7H2. The van der Waals surface area contributed by atoms with E-state index in [1.807, 2.05) is 6.07 Å². The summed E-state index contributed by atoms with van der Waals surface area (Å²) < 4.78 is 5.16. The first kappa shape index (κ1) is 11.3. The van der Waals surface area contributed by atoms with E-state index in [0.29, 0.717) is 12.0 Å². The second-order valence-electron chi connectivity index (χ2n) is 3.71. The van der Waals surface area contributed by atoms with Crippen molar-refractivity contribution in [3.8, 4) is 5.75 Å². The number of aliphatic imine (C=N–C) groups is 1. The Balaban J connectivity index is 2.17. The van der Waals surface area contributed by atoms with Gasteiger partial charge in [0.2, 0.25) is 0 Å². The van der Waals surface area contributed by atoms with Gasteiger partial charge in [0.15, 0.2) is 0 Å². The van der Waals surface area contributed by atoms with Crippen LogP contribution in [0.3, 0.4) is 0 Å². The molecule has 1 aliphatic rings. The first-order chi connectivity index (χ1) is 8.27. The molecule has 2 rings (SSSR count). The highest BCUT2D eigenvalue weighted by Crippen LogP contribution is 2.26. The van der Waals surface area contributed by atoms with Crippen LogP contribution in [-0.4, -0.2) is 18.5 Å². The highest BCUT2D eigenvalue weighted by atomic mass is 16.5. The maximum absolute atomic E-state index is 12.0. The second-order valence-corrected chi connectivity index (χ2v) is 3.71. The molecule has 0 saturated heterocycles. The SMILES string of the molecule is O=CC1(C(=O)Oc2ccccc2)C=CN=CC1. The summed E-state index contributed by atoms with van der Waals surface area (Å²) in [5.41, 5.74) is -1.24. The number of nitrogens with zero attached hydrogens (tertiary/aromatic N) is 1. The molecule has 4 heteroatoms. The Kier molecular flexibility index (Phi) is 3.14. The largest absolute Gasteiger partial charge is 0.426 e. The Morgan fingerprint density at radius 2 is 2.12 bits per heavy atom. The molecule has 0 radical (unpaired) electrons. The first-order valence-electron chi connectivity index (χ1n) is 5.20. The number of ether oxygens (including phenoxy) is 1. The fourth-order valence-electron chi connectivity index (χ4n) is 1.49. The molecule has 0 aromatic heterocycles. The Morgan fingerprint density at radius 1 is 1.35 bits per heavy atom. The van der Waals surface area contributed by atoms with Crippen LogP contribution in [0.25, 0.3) is 0 Å². The third-order valence-electron chi connectivity index (χ3n) is 2.54.